The molecule has 34 heavy (non-hydrogen) atoms. The number of carboxylic acids is 1. The van der Waals surface area contributed by atoms with E-state index < -0.39 is 23.6 Å². The van der Waals surface area contributed by atoms with Crippen LogP contribution in [-0.2, 0) is 6.54 Å². The first-order chi connectivity index (χ1) is 16.1. The summed E-state index contributed by atoms with van der Waals surface area (Å²) in [6, 6.07) is 14.4. The van der Waals surface area contributed by atoms with Crippen molar-refractivity contribution >= 4 is 5.97 Å². The fourth-order valence-electron chi connectivity index (χ4n) is 3.27. The summed E-state index contributed by atoms with van der Waals surface area (Å²) in [6.07, 6.45) is -4.80. The molecule has 0 bridgehead atoms. The fourth-order valence-corrected chi connectivity index (χ4v) is 3.27. The lowest BCUT2D eigenvalue weighted by Crippen LogP contribution is -2.24. The molecule has 0 aliphatic rings. The van der Waals surface area contributed by atoms with Crippen molar-refractivity contribution in [2.24, 2.45) is 0 Å². The summed E-state index contributed by atoms with van der Waals surface area (Å²) in [5, 5.41) is 13.0. The number of carbonyl (C=O) groups is 1. The molecule has 0 saturated heterocycles. The molecule has 0 spiro atoms. The lowest BCUT2D eigenvalue weighted by molar-refractivity contribution is -0.274. The van der Waals surface area contributed by atoms with E-state index in [2.05, 4.69) is 14.9 Å². The maximum absolute atomic E-state index is 13.1. The number of alkyl halides is 3. The highest BCUT2D eigenvalue weighted by molar-refractivity contribution is 5.87. The number of benzene rings is 2. The van der Waals surface area contributed by atoms with Gasteiger partial charge in [0.25, 0.3) is 11.4 Å². The molecule has 2 aromatic heterocycles. The maximum Gasteiger partial charge on any atom is 0.573 e. The van der Waals surface area contributed by atoms with Gasteiger partial charge >= 0.3 is 12.3 Å². The van der Waals surface area contributed by atoms with Crippen LogP contribution < -0.4 is 10.3 Å². The lowest BCUT2D eigenvalue weighted by atomic mass is 10.1. The molecule has 0 aliphatic carbocycles. The number of hydrogen-bond acceptors (Lipinski definition) is 6. The van der Waals surface area contributed by atoms with Crippen LogP contribution >= 0.6 is 0 Å². The van der Waals surface area contributed by atoms with Gasteiger partial charge in [-0.05, 0) is 61.0 Å². The zero-order valence-electron chi connectivity index (χ0n) is 17.5. The van der Waals surface area contributed by atoms with Gasteiger partial charge < -0.3 is 18.9 Å². The van der Waals surface area contributed by atoms with Gasteiger partial charge in [-0.25, -0.2) is 4.79 Å². The Balaban J connectivity index is 1.62. The molecule has 0 unspecified atom stereocenters. The summed E-state index contributed by atoms with van der Waals surface area (Å²) in [5.41, 5.74) is 1.42. The van der Waals surface area contributed by atoms with Gasteiger partial charge in [0.05, 0.1) is 12.1 Å². The van der Waals surface area contributed by atoms with Crippen molar-refractivity contribution in [3.63, 3.8) is 0 Å². The SMILES string of the molecule is Cc1ccc(-c2nc(-c3ccc(OC(F)(F)F)cc3)no2)c(=O)n1Cc1cccc(C(=O)O)c1. The van der Waals surface area contributed by atoms with Crippen LogP contribution in [0.1, 0.15) is 21.6 Å². The minimum Gasteiger partial charge on any atom is -0.478 e. The predicted molar refractivity (Wildman–Crippen MR) is 113 cm³/mol. The number of carboxylic acid groups (broad SMARTS) is 1. The number of pyridine rings is 1. The monoisotopic (exact) mass is 471 g/mol. The summed E-state index contributed by atoms with van der Waals surface area (Å²) in [4.78, 5) is 28.6. The summed E-state index contributed by atoms with van der Waals surface area (Å²) < 4.78 is 47.5. The van der Waals surface area contributed by atoms with Crippen molar-refractivity contribution in [3.8, 4) is 28.6 Å². The van der Waals surface area contributed by atoms with Crippen LogP contribution in [0.2, 0.25) is 0 Å². The van der Waals surface area contributed by atoms with E-state index in [1.165, 1.54) is 34.9 Å². The highest BCUT2D eigenvalue weighted by Crippen LogP contribution is 2.26. The van der Waals surface area contributed by atoms with Gasteiger partial charge in [-0.15, -0.1) is 13.2 Å². The Kier molecular flexibility index (Phi) is 5.93. The third kappa shape index (κ3) is 4.98. The van der Waals surface area contributed by atoms with Gasteiger partial charge in [0, 0.05) is 11.3 Å². The zero-order valence-corrected chi connectivity index (χ0v) is 17.5. The van der Waals surface area contributed by atoms with Crippen LogP contribution in [0.15, 0.2) is 70.0 Å². The molecule has 11 heteroatoms. The number of hydrogen-bond donors (Lipinski definition) is 1. The van der Waals surface area contributed by atoms with Gasteiger partial charge in [0.1, 0.15) is 11.3 Å². The molecule has 4 aromatic rings. The third-order valence-electron chi connectivity index (χ3n) is 4.91. The largest absolute Gasteiger partial charge is 0.573 e. The highest BCUT2D eigenvalue weighted by Gasteiger charge is 2.31. The first-order valence-corrected chi connectivity index (χ1v) is 9.83. The van der Waals surface area contributed by atoms with E-state index in [1.54, 1.807) is 25.1 Å². The molecule has 0 fully saturated rings. The first-order valence-electron chi connectivity index (χ1n) is 9.83. The molecule has 0 aliphatic heterocycles. The average Bonchev–Trinajstić information content (AvgIpc) is 3.26. The molecule has 0 saturated carbocycles. The standard InChI is InChI=1S/C23H16F3N3O5/c1-13-5-10-18(21(30)29(13)12-14-3-2-4-16(11-14)22(31)32)20-27-19(28-34-20)15-6-8-17(9-7-15)33-23(24,25)26/h2-11H,12H2,1H3,(H,31,32). The topological polar surface area (TPSA) is 107 Å². The van der Waals surface area contributed by atoms with E-state index in [0.717, 1.165) is 12.1 Å². The van der Waals surface area contributed by atoms with Gasteiger partial charge in [-0.1, -0.05) is 17.3 Å². The Bertz CT molecular complexity index is 1410. The van der Waals surface area contributed by atoms with Gasteiger partial charge in [-0.2, -0.15) is 4.98 Å². The van der Waals surface area contributed by atoms with Crippen LogP contribution in [-0.4, -0.2) is 32.1 Å². The van der Waals surface area contributed by atoms with Crippen LogP contribution in [0.5, 0.6) is 5.75 Å². The minimum atomic E-state index is -4.80. The van der Waals surface area contributed by atoms with Crippen molar-refractivity contribution in [2.45, 2.75) is 19.8 Å². The highest BCUT2D eigenvalue weighted by atomic mass is 19.4. The molecule has 2 heterocycles. The Morgan fingerprint density at radius 1 is 1.12 bits per heavy atom. The molecule has 174 valence electrons. The molecule has 0 atom stereocenters. The molecular formula is C23H16F3N3O5. The van der Waals surface area contributed by atoms with Crippen molar-refractivity contribution in [1.82, 2.24) is 14.7 Å². The van der Waals surface area contributed by atoms with E-state index >= 15 is 0 Å². The second-order valence-corrected chi connectivity index (χ2v) is 7.28. The fraction of sp³-hybridized carbons (Fsp3) is 0.130. The van der Waals surface area contributed by atoms with Gasteiger partial charge in [0.2, 0.25) is 5.82 Å². The number of aromatic nitrogens is 3. The summed E-state index contributed by atoms with van der Waals surface area (Å²) >= 11 is 0. The number of aryl methyl sites for hydroxylation is 1. The first kappa shape index (κ1) is 22.8. The Morgan fingerprint density at radius 2 is 1.85 bits per heavy atom. The van der Waals surface area contributed by atoms with Crippen molar-refractivity contribution in [2.75, 3.05) is 0 Å². The Hall–Kier alpha value is -4.41. The minimum absolute atomic E-state index is 0.0661. The van der Waals surface area contributed by atoms with Crippen LogP contribution in [0.25, 0.3) is 22.8 Å². The predicted octanol–water partition coefficient (Wildman–Crippen LogP) is 4.52. The molecule has 0 radical (unpaired) electrons. The molecule has 1 N–H and O–H groups in total. The quantitative estimate of drug-likeness (QED) is 0.441. The average molecular weight is 471 g/mol. The third-order valence-corrected chi connectivity index (χ3v) is 4.91. The van der Waals surface area contributed by atoms with Crippen molar-refractivity contribution in [1.29, 1.82) is 0 Å². The molecule has 2 aromatic carbocycles. The van der Waals surface area contributed by atoms with Gasteiger partial charge in [-0.3, -0.25) is 4.79 Å². The normalized spacial score (nSPS) is 11.4. The van der Waals surface area contributed by atoms with E-state index in [9.17, 15) is 27.9 Å². The molecular weight excluding hydrogens is 455 g/mol. The number of aromatic carboxylic acids is 1. The second-order valence-electron chi connectivity index (χ2n) is 7.28. The Labute approximate surface area is 189 Å². The van der Waals surface area contributed by atoms with E-state index in [4.69, 9.17) is 4.52 Å². The number of nitrogens with zero attached hydrogens (tertiary/aromatic N) is 3. The van der Waals surface area contributed by atoms with Crippen molar-refractivity contribution in [3.05, 3.63) is 87.8 Å². The smallest absolute Gasteiger partial charge is 0.478 e. The summed E-state index contributed by atoms with van der Waals surface area (Å²) in [7, 11) is 0. The maximum atomic E-state index is 13.1. The summed E-state index contributed by atoms with van der Waals surface area (Å²) in [6.45, 7) is 1.86. The number of halogens is 3. The van der Waals surface area contributed by atoms with Crippen LogP contribution in [0.3, 0.4) is 0 Å². The molecule has 8 nitrogen and oxygen atoms in total. The molecule has 4 rings (SSSR count). The molecule has 0 amide bonds. The summed E-state index contributed by atoms with van der Waals surface area (Å²) in [5.74, 6) is -1.46. The van der Waals surface area contributed by atoms with Gasteiger partial charge in [0.15, 0.2) is 0 Å². The Morgan fingerprint density at radius 3 is 2.53 bits per heavy atom. The van der Waals surface area contributed by atoms with E-state index in [1.807, 2.05) is 0 Å². The van der Waals surface area contributed by atoms with E-state index in [0.29, 0.717) is 16.8 Å². The van der Waals surface area contributed by atoms with Crippen LogP contribution in [0.4, 0.5) is 13.2 Å². The number of rotatable bonds is 6. The zero-order chi connectivity index (χ0) is 24.5. The number of ether oxygens (including phenoxy) is 1. The second kappa shape index (κ2) is 8.85. The van der Waals surface area contributed by atoms with Crippen molar-refractivity contribution < 1.29 is 32.3 Å². The van der Waals surface area contributed by atoms with E-state index in [-0.39, 0.29) is 29.4 Å². The van der Waals surface area contributed by atoms with Crippen LogP contribution in [0, 0.1) is 6.92 Å². The lowest BCUT2D eigenvalue weighted by Gasteiger charge is -2.11.